The maximum Gasteiger partial charge on any atom is 0.289 e. The zero-order valence-electron chi connectivity index (χ0n) is 17.7. The van der Waals surface area contributed by atoms with Crippen molar-refractivity contribution in [3.8, 4) is 5.69 Å². The minimum Gasteiger partial charge on any atom is -0.459 e. The fraction of sp³-hybridized carbons (Fsp3) is 0.304. The summed E-state index contributed by atoms with van der Waals surface area (Å²) in [5, 5.41) is 5.52. The number of furan rings is 1. The van der Waals surface area contributed by atoms with Crippen LogP contribution < -0.4 is 4.90 Å². The molecular weight excluding hydrogens is 392 g/mol. The first-order valence-corrected chi connectivity index (χ1v) is 10.5. The second kappa shape index (κ2) is 7.86. The van der Waals surface area contributed by atoms with Gasteiger partial charge in [0.25, 0.3) is 5.91 Å². The molecule has 4 aromatic rings. The largest absolute Gasteiger partial charge is 0.459 e. The molecule has 1 saturated heterocycles. The van der Waals surface area contributed by atoms with Gasteiger partial charge in [0.1, 0.15) is 11.6 Å². The third-order valence-corrected chi connectivity index (χ3v) is 5.61. The molecule has 0 radical (unpaired) electrons. The molecule has 158 valence electrons. The predicted molar refractivity (Wildman–Crippen MR) is 118 cm³/mol. The summed E-state index contributed by atoms with van der Waals surface area (Å²) in [4.78, 5) is 26.2. The number of hydrogen-bond donors (Lipinski definition) is 0. The second-order valence-electron chi connectivity index (χ2n) is 7.83. The van der Waals surface area contributed by atoms with Gasteiger partial charge in [-0.3, -0.25) is 4.79 Å². The number of fused-ring (bicyclic) bond motifs is 1. The highest BCUT2D eigenvalue weighted by atomic mass is 16.3. The van der Waals surface area contributed by atoms with Gasteiger partial charge in [0.15, 0.2) is 11.4 Å². The van der Waals surface area contributed by atoms with E-state index in [1.807, 2.05) is 34.8 Å². The Bertz CT molecular complexity index is 1210. The summed E-state index contributed by atoms with van der Waals surface area (Å²) in [7, 11) is 0. The highest BCUT2D eigenvalue weighted by Gasteiger charge is 2.24. The zero-order chi connectivity index (χ0) is 21.4. The molecule has 5 rings (SSSR count). The number of amides is 1. The molecule has 1 amide bonds. The van der Waals surface area contributed by atoms with E-state index < -0.39 is 0 Å². The lowest BCUT2D eigenvalue weighted by Gasteiger charge is -2.23. The number of carbonyl (C=O) groups excluding carboxylic acids is 1. The lowest BCUT2D eigenvalue weighted by molar-refractivity contribution is 0.0735. The van der Waals surface area contributed by atoms with Crippen LogP contribution >= 0.6 is 0 Å². The van der Waals surface area contributed by atoms with Crippen LogP contribution in [0.5, 0.6) is 0 Å². The molecule has 1 aliphatic rings. The third kappa shape index (κ3) is 3.65. The van der Waals surface area contributed by atoms with Gasteiger partial charge < -0.3 is 14.2 Å². The molecule has 0 N–H and O–H groups in total. The normalized spacial score (nSPS) is 14.8. The van der Waals surface area contributed by atoms with Crippen LogP contribution in [0.2, 0.25) is 0 Å². The predicted octanol–water partition coefficient (Wildman–Crippen LogP) is 3.38. The fourth-order valence-corrected chi connectivity index (χ4v) is 4.00. The lowest BCUT2D eigenvalue weighted by atomic mass is 10.2. The quantitative estimate of drug-likeness (QED) is 0.509. The molecule has 0 saturated carbocycles. The molecule has 0 unspecified atom stereocenters. The van der Waals surface area contributed by atoms with E-state index in [4.69, 9.17) is 9.40 Å². The molecule has 0 aliphatic carbocycles. The second-order valence-corrected chi connectivity index (χ2v) is 7.83. The summed E-state index contributed by atoms with van der Waals surface area (Å²) in [5.74, 6) is 1.88. The number of benzene rings is 1. The van der Waals surface area contributed by atoms with Crippen LogP contribution in [0.1, 0.15) is 28.4 Å². The molecule has 0 atom stereocenters. The Morgan fingerprint density at radius 3 is 2.61 bits per heavy atom. The minimum atomic E-state index is -0.0666. The van der Waals surface area contributed by atoms with Crippen LogP contribution in [0.4, 0.5) is 5.82 Å². The third-order valence-electron chi connectivity index (χ3n) is 5.61. The molecular formula is C23H24N6O2. The number of aryl methyl sites for hydroxylation is 2. The smallest absolute Gasteiger partial charge is 0.289 e. The maximum absolute atomic E-state index is 12.7. The van der Waals surface area contributed by atoms with Crippen molar-refractivity contribution < 1.29 is 9.21 Å². The van der Waals surface area contributed by atoms with Crippen molar-refractivity contribution in [2.45, 2.75) is 20.3 Å². The Balaban J connectivity index is 1.45. The molecule has 4 heterocycles. The van der Waals surface area contributed by atoms with E-state index in [0.717, 1.165) is 35.5 Å². The molecule has 3 aromatic heterocycles. The lowest BCUT2D eigenvalue weighted by Crippen LogP contribution is -2.35. The van der Waals surface area contributed by atoms with Gasteiger partial charge in [0, 0.05) is 26.2 Å². The number of carbonyl (C=O) groups is 1. The van der Waals surface area contributed by atoms with Gasteiger partial charge in [-0.05, 0) is 44.5 Å². The van der Waals surface area contributed by atoms with E-state index in [0.29, 0.717) is 31.2 Å². The van der Waals surface area contributed by atoms with E-state index in [2.05, 4.69) is 34.0 Å². The van der Waals surface area contributed by atoms with Crippen molar-refractivity contribution in [3.05, 3.63) is 66.0 Å². The Morgan fingerprint density at radius 2 is 1.84 bits per heavy atom. The van der Waals surface area contributed by atoms with Crippen LogP contribution in [0, 0.1) is 13.8 Å². The Morgan fingerprint density at radius 1 is 1.00 bits per heavy atom. The van der Waals surface area contributed by atoms with Gasteiger partial charge >= 0.3 is 0 Å². The first-order chi connectivity index (χ1) is 15.1. The Hall–Kier alpha value is -3.68. The van der Waals surface area contributed by atoms with Crippen LogP contribution in [0.15, 0.2) is 53.3 Å². The van der Waals surface area contributed by atoms with E-state index in [1.54, 1.807) is 12.1 Å². The van der Waals surface area contributed by atoms with Crippen molar-refractivity contribution in [1.29, 1.82) is 0 Å². The first kappa shape index (κ1) is 19.3. The molecule has 1 aromatic carbocycles. The number of rotatable bonds is 3. The molecule has 0 spiro atoms. The Labute approximate surface area is 180 Å². The fourth-order valence-electron chi connectivity index (χ4n) is 4.00. The van der Waals surface area contributed by atoms with Crippen LogP contribution in [-0.4, -0.2) is 56.7 Å². The van der Waals surface area contributed by atoms with Gasteiger partial charge in [-0.25, -0.2) is 14.6 Å². The molecule has 31 heavy (non-hydrogen) atoms. The van der Waals surface area contributed by atoms with E-state index in [9.17, 15) is 4.79 Å². The highest BCUT2D eigenvalue weighted by Crippen LogP contribution is 2.27. The van der Waals surface area contributed by atoms with Crippen LogP contribution in [0.3, 0.4) is 0 Å². The maximum atomic E-state index is 12.7. The summed E-state index contributed by atoms with van der Waals surface area (Å²) in [6, 6.07) is 11.7. The summed E-state index contributed by atoms with van der Waals surface area (Å²) >= 11 is 0. The van der Waals surface area contributed by atoms with Crippen molar-refractivity contribution in [2.75, 3.05) is 31.1 Å². The van der Waals surface area contributed by atoms with Crippen LogP contribution in [-0.2, 0) is 0 Å². The minimum absolute atomic E-state index is 0.0666. The number of nitrogens with zero attached hydrogens (tertiary/aromatic N) is 6. The summed E-state index contributed by atoms with van der Waals surface area (Å²) in [5.41, 5.74) is 2.96. The van der Waals surface area contributed by atoms with E-state index in [-0.39, 0.29) is 5.91 Å². The van der Waals surface area contributed by atoms with Crippen LogP contribution in [0.25, 0.3) is 16.7 Å². The van der Waals surface area contributed by atoms with Gasteiger partial charge in [-0.2, -0.15) is 5.10 Å². The van der Waals surface area contributed by atoms with Crippen molar-refractivity contribution >= 4 is 22.8 Å². The first-order valence-electron chi connectivity index (χ1n) is 10.5. The average molecular weight is 416 g/mol. The molecule has 1 fully saturated rings. The summed E-state index contributed by atoms with van der Waals surface area (Å²) < 4.78 is 7.15. The molecule has 1 aliphatic heterocycles. The SMILES string of the molecule is Cc1ccc(-n2ncc3c(N4CCCN(C(=O)c5ccco5)CC4)nc(C)nc32)cc1. The number of anilines is 1. The van der Waals surface area contributed by atoms with Gasteiger partial charge in [0.05, 0.1) is 23.5 Å². The topological polar surface area (TPSA) is 80.3 Å². The zero-order valence-corrected chi connectivity index (χ0v) is 17.7. The summed E-state index contributed by atoms with van der Waals surface area (Å²) in [6.45, 7) is 6.76. The molecule has 0 bridgehead atoms. The van der Waals surface area contributed by atoms with Crippen molar-refractivity contribution in [2.24, 2.45) is 0 Å². The number of hydrogen-bond acceptors (Lipinski definition) is 6. The van der Waals surface area contributed by atoms with Gasteiger partial charge in [-0.1, -0.05) is 17.7 Å². The van der Waals surface area contributed by atoms with Crippen molar-refractivity contribution in [1.82, 2.24) is 24.6 Å². The van der Waals surface area contributed by atoms with E-state index in [1.165, 1.54) is 11.8 Å². The standard InChI is InChI=1S/C23H24N6O2/c1-16-6-8-18(9-7-16)29-22-19(15-24-29)21(25-17(2)26-22)27-10-4-11-28(13-12-27)23(30)20-5-3-14-31-20/h3,5-9,14-15H,4,10-13H2,1-2H3. The average Bonchev–Trinajstić information content (AvgIpc) is 3.38. The molecule has 8 heteroatoms. The Kier molecular flexibility index (Phi) is 4.89. The monoisotopic (exact) mass is 416 g/mol. The van der Waals surface area contributed by atoms with Crippen molar-refractivity contribution in [3.63, 3.8) is 0 Å². The van der Waals surface area contributed by atoms with Gasteiger partial charge in [-0.15, -0.1) is 0 Å². The summed E-state index contributed by atoms with van der Waals surface area (Å²) in [6.07, 6.45) is 4.22. The number of aromatic nitrogens is 4. The highest BCUT2D eigenvalue weighted by molar-refractivity contribution is 5.91. The molecule has 8 nitrogen and oxygen atoms in total. The van der Waals surface area contributed by atoms with Gasteiger partial charge in [0.2, 0.25) is 0 Å². The van der Waals surface area contributed by atoms with E-state index >= 15 is 0 Å².